The second-order valence-corrected chi connectivity index (χ2v) is 9.69. The first-order valence-electron chi connectivity index (χ1n) is 9.60. The van der Waals surface area contributed by atoms with Crippen LogP contribution in [-0.4, -0.2) is 36.6 Å². The van der Waals surface area contributed by atoms with Crippen molar-refractivity contribution in [3.63, 3.8) is 0 Å². The van der Waals surface area contributed by atoms with Crippen LogP contribution in [0.15, 0.2) is 17.6 Å². The zero-order valence-electron chi connectivity index (χ0n) is 18.4. The van der Waals surface area contributed by atoms with Gasteiger partial charge in [0.1, 0.15) is 11.4 Å². The number of amides is 1. The SMILES string of the molecule is Cc1cc(F)c(C=C(CNC(=O)OC(C)(C)C)B2OC(C)(C)C(C)(C)O2)cc1Cl. The third kappa shape index (κ3) is 5.97. The number of aryl methyl sites for hydroxylation is 1. The van der Waals surface area contributed by atoms with E-state index in [2.05, 4.69) is 5.32 Å². The standard InChI is InChI=1S/C21H30BClFNO4/c1-13-9-17(24)14(11-16(13)23)10-15(12-25-18(26)27-19(2,3)4)22-28-20(5,6)21(7,8)29-22/h9-11H,12H2,1-8H3,(H,25,26). The van der Waals surface area contributed by atoms with Gasteiger partial charge in [0, 0.05) is 17.1 Å². The summed E-state index contributed by atoms with van der Waals surface area (Å²) in [5.74, 6) is -0.418. The molecule has 1 aromatic rings. The van der Waals surface area contributed by atoms with Crippen LogP contribution >= 0.6 is 11.6 Å². The maximum atomic E-state index is 14.5. The molecule has 0 radical (unpaired) electrons. The molecular formula is C21H30BClFNO4. The normalized spacial score (nSPS) is 18.7. The van der Waals surface area contributed by atoms with Gasteiger partial charge in [-0.25, -0.2) is 9.18 Å². The van der Waals surface area contributed by atoms with Crippen LogP contribution in [0.1, 0.15) is 59.6 Å². The summed E-state index contributed by atoms with van der Waals surface area (Å²) in [5.41, 5.74) is -0.303. The first-order valence-corrected chi connectivity index (χ1v) is 9.98. The van der Waals surface area contributed by atoms with E-state index in [9.17, 15) is 9.18 Å². The Morgan fingerprint density at radius 1 is 1.24 bits per heavy atom. The molecular weight excluding hydrogens is 395 g/mol. The van der Waals surface area contributed by atoms with Crippen molar-refractivity contribution in [3.05, 3.63) is 39.6 Å². The molecule has 1 aliphatic rings. The van der Waals surface area contributed by atoms with Crippen LogP contribution in [0.2, 0.25) is 5.02 Å². The van der Waals surface area contributed by atoms with E-state index in [1.807, 2.05) is 27.7 Å². The highest BCUT2D eigenvalue weighted by atomic mass is 35.5. The number of ether oxygens (including phenoxy) is 1. The van der Waals surface area contributed by atoms with Gasteiger partial charge in [-0.2, -0.15) is 0 Å². The van der Waals surface area contributed by atoms with E-state index in [1.165, 1.54) is 6.07 Å². The van der Waals surface area contributed by atoms with Gasteiger partial charge in [0.2, 0.25) is 0 Å². The van der Waals surface area contributed by atoms with Gasteiger partial charge in [-0.3, -0.25) is 0 Å². The summed E-state index contributed by atoms with van der Waals surface area (Å²) in [6.45, 7) is 14.8. The lowest BCUT2D eigenvalue weighted by molar-refractivity contribution is 0.00578. The fraction of sp³-hybridized carbons (Fsp3) is 0.571. The number of carbonyl (C=O) groups is 1. The van der Waals surface area contributed by atoms with E-state index < -0.39 is 35.8 Å². The Morgan fingerprint density at radius 3 is 2.31 bits per heavy atom. The van der Waals surface area contributed by atoms with Gasteiger partial charge in [0.15, 0.2) is 0 Å². The maximum Gasteiger partial charge on any atom is 0.492 e. The Bertz CT molecular complexity index is 802. The van der Waals surface area contributed by atoms with Crippen molar-refractivity contribution in [2.45, 2.75) is 72.2 Å². The number of carbonyl (C=O) groups excluding carboxylic acids is 1. The Morgan fingerprint density at radius 2 is 1.79 bits per heavy atom. The molecule has 0 atom stereocenters. The third-order valence-corrected chi connectivity index (χ3v) is 5.42. The van der Waals surface area contributed by atoms with Crippen LogP contribution in [0.5, 0.6) is 0 Å². The average molecular weight is 426 g/mol. The second kappa shape index (κ2) is 8.28. The van der Waals surface area contributed by atoms with Crippen molar-refractivity contribution in [2.24, 2.45) is 0 Å². The predicted octanol–water partition coefficient (Wildman–Crippen LogP) is 5.33. The molecule has 1 fully saturated rings. The zero-order chi connectivity index (χ0) is 22.2. The van der Waals surface area contributed by atoms with Crippen LogP contribution in [-0.2, 0) is 14.0 Å². The Balaban J connectivity index is 2.34. The van der Waals surface area contributed by atoms with Gasteiger partial charge in [0.25, 0.3) is 0 Å². The van der Waals surface area contributed by atoms with Crippen molar-refractivity contribution < 1.29 is 23.2 Å². The molecule has 0 aromatic heterocycles. The molecule has 1 aromatic carbocycles. The van der Waals surface area contributed by atoms with E-state index in [0.717, 1.165) is 0 Å². The first kappa shape index (κ1) is 23.7. The smallest absolute Gasteiger partial charge is 0.444 e. The summed E-state index contributed by atoms with van der Waals surface area (Å²) in [6, 6.07) is 2.92. The molecule has 8 heteroatoms. The number of hydrogen-bond acceptors (Lipinski definition) is 4. The molecule has 1 N–H and O–H groups in total. The number of halogens is 2. The highest BCUT2D eigenvalue weighted by Crippen LogP contribution is 2.39. The highest BCUT2D eigenvalue weighted by Gasteiger charge is 2.52. The predicted molar refractivity (Wildman–Crippen MR) is 114 cm³/mol. The lowest BCUT2D eigenvalue weighted by atomic mass is 9.77. The molecule has 5 nitrogen and oxygen atoms in total. The third-order valence-electron chi connectivity index (χ3n) is 5.01. The van der Waals surface area contributed by atoms with Crippen LogP contribution < -0.4 is 5.32 Å². The summed E-state index contributed by atoms with van der Waals surface area (Å²) < 4.78 is 32.0. The summed E-state index contributed by atoms with van der Waals surface area (Å²) in [5, 5.41) is 3.14. The van der Waals surface area contributed by atoms with Gasteiger partial charge >= 0.3 is 13.2 Å². The molecule has 0 saturated carbocycles. The van der Waals surface area contributed by atoms with E-state index >= 15 is 0 Å². The van der Waals surface area contributed by atoms with E-state index in [-0.39, 0.29) is 12.1 Å². The van der Waals surface area contributed by atoms with Crippen LogP contribution in [0, 0.1) is 12.7 Å². The summed E-state index contributed by atoms with van der Waals surface area (Å²) in [6.07, 6.45) is 1.02. The minimum atomic E-state index is -0.755. The maximum absolute atomic E-state index is 14.5. The van der Waals surface area contributed by atoms with Gasteiger partial charge in [0.05, 0.1) is 11.2 Å². The average Bonchev–Trinajstić information content (AvgIpc) is 2.74. The van der Waals surface area contributed by atoms with Crippen molar-refractivity contribution in [1.29, 1.82) is 0 Å². The van der Waals surface area contributed by atoms with Crippen molar-refractivity contribution in [1.82, 2.24) is 5.32 Å². The number of benzene rings is 1. The second-order valence-electron chi connectivity index (χ2n) is 9.29. The molecule has 1 amide bonds. The molecule has 29 heavy (non-hydrogen) atoms. The van der Waals surface area contributed by atoms with Gasteiger partial charge in [-0.05, 0) is 78.6 Å². The molecule has 0 bridgehead atoms. The van der Waals surface area contributed by atoms with Gasteiger partial charge < -0.3 is 19.4 Å². The molecule has 1 aliphatic heterocycles. The molecule has 160 valence electrons. The van der Waals surface area contributed by atoms with Crippen molar-refractivity contribution in [2.75, 3.05) is 6.54 Å². The number of nitrogens with one attached hydrogen (secondary N) is 1. The summed E-state index contributed by atoms with van der Waals surface area (Å²) in [7, 11) is -0.755. The van der Waals surface area contributed by atoms with Crippen LogP contribution in [0.25, 0.3) is 6.08 Å². The molecule has 1 heterocycles. The van der Waals surface area contributed by atoms with Gasteiger partial charge in [-0.15, -0.1) is 0 Å². The lowest BCUT2D eigenvalue weighted by Crippen LogP contribution is -2.41. The molecule has 0 aliphatic carbocycles. The van der Waals surface area contributed by atoms with Crippen molar-refractivity contribution >= 4 is 30.9 Å². The Hall–Kier alpha value is -1.57. The zero-order valence-corrected chi connectivity index (χ0v) is 19.2. The minimum absolute atomic E-state index is 0.0661. The lowest BCUT2D eigenvalue weighted by Gasteiger charge is -2.32. The number of rotatable bonds is 4. The quantitative estimate of drug-likeness (QED) is 0.663. The number of hydrogen-bond donors (Lipinski definition) is 1. The minimum Gasteiger partial charge on any atom is -0.444 e. The largest absolute Gasteiger partial charge is 0.492 e. The van der Waals surface area contributed by atoms with E-state index in [1.54, 1.807) is 39.8 Å². The highest BCUT2D eigenvalue weighted by molar-refractivity contribution is 6.56. The molecule has 2 rings (SSSR count). The fourth-order valence-electron chi connectivity index (χ4n) is 2.66. The Kier molecular flexibility index (Phi) is 6.77. The summed E-state index contributed by atoms with van der Waals surface area (Å²) >= 11 is 6.17. The van der Waals surface area contributed by atoms with Crippen molar-refractivity contribution in [3.8, 4) is 0 Å². The fourth-order valence-corrected chi connectivity index (χ4v) is 2.83. The molecule has 0 spiro atoms. The van der Waals surface area contributed by atoms with Gasteiger partial charge in [-0.1, -0.05) is 17.7 Å². The molecule has 1 saturated heterocycles. The first-order chi connectivity index (χ1) is 13.1. The van der Waals surface area contributed by atoms with Crippen LogP contribution in [0.4, 0.5) is 9.18 Å². The topological polar surface area (TPSA) is 56.8 Å². The number of alkyl carbamates (subject to hydrolysis) is 1. The Labute approximate surface area is 178 Å². The van der Waals surface area contributed by atoms with E-state index in [0.29, 0.717) is 16.1 Å². The van der Waals surface area contributed by atoms with Crippen LogP contribution in [0.3, 0.4) is 0 Å². The summed E-state index contributed by atoms with van der Waals surface area (Å²) in [4.78, 5) is 12.1. The monoisotopic (exact) mass is 425 g/mol. The van der Waals surface area contributed by atoms with E-state index in [4.69, 9.17) is 25.6 Å². The molecule has 0 unspecified atom stereocenters.